The predicted molar refractivity (Wildman–Crippen MR) is 150 cm³/mol. The highest BCUT2D eigenvalue weighted by atomic mass is 35.5. The molecule has 0 fully saturated rings. The minimum absolute atomic E-state index is 0.00743. The highest BCUT2D eigenvalue weighted by Gasteiger charge is 2.30. The summed E-state index contributed by atoms with van der Waals surface area (Å²) in [5, 5.41) is 3.93. The molecule has 2 amide bonds. The average molecular weight is 542 g/mol. The van der Waals surface area contributed by atoms with Gasteiger partial charge in [0.15, 0.2) is 0 Å². The largest absolute Gasteiger partial charge is 0.494 e. The Morgan fingerprint density at radius 3 is 2.24 bits per heavy atom. The molecule has 0 heterocycles. The normalized spacial score (nSPS) is 12.4. The van der Waals surface area contributed by atoms with Crippen molar-refractivity contribution in [3.8, 4) is 5.75 Å². The fourth-order valence-electron chi connectivity index (χ4n) is 3.90. The topological polar surface area (TPSA) is 58.6 Å². The van der Waals surface area contributed by atoms with E-state index >= 15 is 0 Å². The highest BCUT2D eigenvalue weighted by Crippen LogP contribution is 2.25. The van der Waals surface area contributed by atoms with E-state index in [2.05, 4.69) is 5.32 Å². The van der Waals surface area contributed by atoms with E-state index in [1.807, 2.05) is 80.6 Å². The van der Waals surface area contributed by atoms with Crippen LogP contribution in [-0.4, -0.2) is 35.4 Å². The summed E-state index contributed by atoms with van der Waals surface area (Å²) < 4.78 is 5.77. The minimum atomic E-state index is -0.687. The van der Waals surface area contributed by atoms with Gasteiger partial charge in [0.1, 0.15) is 11.8 Å². The molecule has 1 N–H and O–H groups in total. The van der Waals surface area contributed by atoms with Gasteiger partial charge in [-0.05, 0) is 55.2 Å². The Morgan fingerprint density at radius 1 is 0.919 bits per heavy atom. The fraction of sp³-hybridized carbons (Fsp3) is 0.333. The number of hydrogen-bond acceptors (Lipinski definition) is 3. The van der Waals surface area contributed by atoms with Gasteiger partial charge in [-0.3, -0.25) is 9.59 Å². The molecule has 0 saturated heterocycles. The zero-order valence-corrected chi connectivity index (χ0v) is 22.8. The number of carbonyl (C=O) groups excluding carboxylic acids is 2. The van der Waals surface area contributed by atoms with Crippen molar-refractivity contribution in [2.75, 3.05) is 6.61 Å². The van der Waals surface area contributed by atoms with Crippen molar-refractivity contribution in [3.05, 3.63) is 100 Å². The lowest BCUT2D eigenvalue weighted by atomic mass is 10.0. The first kappa shape index (κ1) is 28.5. The van der Waals surface area contributed by atoms with Crippen molar-refractivity contribution in [3.63, 3.8) is 0 Å². The molecule has 3 aromatic carbocycles. The fourth-order valence-corrected chi connectivity index (χ4v) is 4.22. The number of hydrogen-bond donors (Lipinski definition) is 1. The summed E-state index contributed by atoms with van der Waals surface area (Å²) in [6, 6.07) is 23.8. The molecule has 2 atom stereocenters. The molecule has 0 unspecified atom stereocenters. The first-order valence-electron chi connectivity index (χ1n) is 12.6. The van der Waals surface area contributed by atoms with Crippen molar-refractivity contribution in [1.29, 1.82) is 0 Å². The second kappa shape index (κ2) is 14.7. The van der Waals surface area contributed by atoms with E-state index < -0.39 is 6.04 Å². The van der Waals surface area contributed by atoms with Crippen molar-refractivity contribution < 1.29 is 14.3 Å². The Bertz CT molecular complexity index is 1140. The number of benzene rings is 3. The highest BCUT2D eigenvalue weighted by molar-refractivity contribution is 6.42. The lowest BCUT2D eigenvalue weighted by Crippen LogP contribution is -2.52. The Hall–Kier alpha value is -3.02. The lowest BCUT2D eigenvalue weighted by Gasteiger charge is -2.32. The molecule has 3 rings (SSSR count). The predicted octanol–water partition coefficient (Wildman–Crippen LogP) is 6.71. The smallest absolute Gasteiger partial charge is 0.243 e. The maximum absolute atomic E-state index is 13.6. The van der Waals surface area contributed by atoms with Crippen LogP contribution in [0.2, 0.25) is 10.0 Å². The van der Waals surface area contributed by atoms with Crippen LogP contribution in [0.1, 0.15) is 44.2 Å². The summed E-state index contributed by atoms with van der Waals surface area (Å²) in [4.78, 5) is 28.8. The second-order valence-electron chi connectivity index (χ2n) is 9.06. The number of nitrogens with zero attached hydrogens (tertiary/aromatic N) is 1. The molecule has 196 valence electrons. The summed E-state index contributed by atoms with van der Waals surface area (Å²) in [5.74, 6) is 0.465. The monoisotopic (exact) mass is 540 g/mol. The van der Waals surface area contributed by atoms with Gasteiger partial charge in [-0.1, -0.05) is 84.7 Å². The van der Waals surface area contributed by atoms with Gasteiger partial charge in [0, 0.05) is 25.4 Å². The van der Waals surface area contributed by atoms with Crippen LogP contribution in [0.3, 0.4) is 0 Å². The lowest BCUT2D eigenvalue weighted by molar-refractivity contribution is -0.141. The third-order valence-corrected chi connectivity index (χ3v) is 6.89. The van der Waals surface area contributed by atoms with Gasteiger partial charge >= 0.3 is 0 Å². The standard InChI is InChI=1S/C30H34Cl2N2O3/c1-3-22(2)33-30(36)28(20-23-11-6-4-7-12-23)34(21-24-16-17-26(31)27(32)19-24)29(35)15-10-18-37-25-13-8-5-9-14-25/h4-9,11-14,16-17,19,22,28H,3,10,15,18,20-21H2,1-2H3,(H,33,36)/t22-,28+/m1/s1. The minimum Gasteiger partial charge on any atom is -0.494 e. The van der Waals surface area contributed by atoms with E-state index in [-0.39, 0.29) is 30.8 Å². The maximum Gasteiger partial charge on any atom is 0.243 e. The maximum atomic E-state index is 13.6. The summed E-state index contributed by atoms with van der Waals surface area (Å²) >= 11 is 12.4. The van der Waals surface area contributed by atoms with E-state index in [0.29, 0.717) is 29.5 Å². The molecule has 0 radical (unpaired) electrons. The molecule has 0 aromatic heterocycles. The Balaban J connectivity index is 1.83. The third-order valence-electron chi connectivity index (χ3n) is 6.16. The molecule has 3 aromatic rings. The van der Waals surface area contributed by atoms with Crippen LogP contribution in [0.4, 0.5) is 0 Å². The number of halogens is 2. The molecule has 0 aliphatic rings. The first-order valence-corrected chi connectivity index (χ1v) is 13.4. The molecule has 0 bridgehead atoms. The van der Waals surface area contributed by atoms with E-state index in [9.17, 15) is 9.59 Å². The molecule has 0 saturated carbocycles. The van der Waals surface area contributed by atoms with Gasteiger partial charge in [-0.25, -0.2) is 0 Å². The molecule has 5 nitrogen and oxygen atoms in total. The van der Waals surface area contributed by atoms with E-state index in [4.69, 9.17) is 27.9 Å². The van der Waals surface area contributed by atoms with Crippen LogP contribution in [-0.2, 0) is 22.6 Å². The SMILES string of the molecule is CC[C@@H](C)NC(=O)[C@H](Cc1ccccc1)N(Cc1ccc(Cl)c(Cl)c1)C(=O)CCCOc1ccccc1. The molecular formula is C30H34Cl2N2O3. The summed E-state index contributed by atoms with van der Waals surface area (Å²) in [7, 11) is 0. The van der Waals surface area contributed by atoms with Crippen LogP contribution < -0.4 is 10.1 Å². The van der Waals surface area contributed by atoms with Crippen LogP contribution in [0.15, 0.2) is 78.9 Å². The Kier molecular flexibility index (Phi) is 11.3. The van der Waals surface area contributed by atoms with Crippen LogP contribution in [0.5, 0.6) is 5.75 Å². The van der Waals surface area contributed by atoms with Crippen molar-refractivity contribution in [2.24, 2.45) is 0 Å². The molecule has 37 heavy (non-hydrogen) atoms. The zero-order chi connectivity index (χ0) is 26.6. The Labute approximate surface area is 229 Å². The molecule has 0 spiro atoms. The average Bonchev–Trinajstić information content (AvgIpc) is 2.91. The summed E-state index contributed by atoms with van der Waals surface area (Å²) in [6.45, 7) is 4.62. The number of rotatable bonds is 13. The van der Waals surface area contributed by atoms with E-state index in [0.717, 1.165) is 23.3 Å². The van der Waals surface area contributed by atoms with Gasteiger partial charge < -0.3 is 15.0 Å². The van der Waals surface area contributed by atoms with Gasteiger partial charge in [-0.15, -0.1) is 0 Å². The van der Waals surface area contributed by atoms with Crippen molar-refractivity contribution >= 4 is 35.0 Å². The molecular weight excluding hydrogens is 507 g/mol. The van der Waals surface area contributed by atoms with E-state index in [1.54, 1.807) is 17.0 Å². The van der Waals surface area contributed by atoms with Crippen molar-refractivity contribution in [2.45, 2.75) is 58.2 Å². The summed E-state index contributed by atoms with van der Waals surface area (Å²) in [6.07, 6.45) is 1.96. The first-order chi connectivity index (χ1) is 17.9. The summed E-state index contributed by atoms with van der Waals surface area (Å²) in [5.41, 5.74) is 1.78. The van der Waals surface area contributed by atoms with E-state index in [1.165, 1.54) is 0 Å². The van der Waals surface area contributed by atoms with Crippen LogP contribution >= 0.6 is 23.2 Å². The number of carbonyl (C=O) groups is 2. The molecule has 0 aliphatic heterocycles. The molecule has 7 heteroatoms. The molecule has 0 aliphatic carbocycles. The van der Waals surface area contributed by atoms with Gasteiger partial charge in [0.2, 0.25) is 11.8 Å². The zero-order valence-electron chi connectivity index (χ0n) is 21.3. The number of para-hydroxylation sites is 1. The number of amides is 2. The van der Waals surface area contributed by atoms with Crippen LogP contribution in [0.25, 0.3) is 0 Å². The second-order valence-corrected chi connectivity index (χ2v) is 9.87. The quantitative estimate of drug-likeness (QED) is 0.245. The third kappa shape index (κ3) is 9.10. The van der Waals surface area contributed by atoms with Crippen molar-refractivity contribution in [1.82, 2.24) is 10.2 Å². The number of ether oxygens (including phenoxy) is 1. The van der Waals surface area contributed by atoms with Gasteiger partial charge in [-0.2, -0.15) is 0 Å². The van der Waals surface area contributed by atoms with Crippen LogP contribution in [0, 0.1) is 0 Å². The number of nitrogens with one attached hydrogen (secondary N) is 1. The van der Waals surface area contributed by atoms with Gasteiger partial charge in [0.25, 0.3) is 0 Å². The van der Waals surface area contributed by atoms with Gasteiger partial charge in [0.05, 0.1) is 16.7 Å². The Morgan fingerprint density at radius 2 is 1.59 bits per heavy atom.